The molecule has 0 spiro atoms. The summed E-state index contributed by atoms with van der Waals surface area (Å²) in [5.74, 6) is -1.57. The van der Waals surface area contributed by atoms with E-state index in [9.17, 15) is 25.5 Å². The maximum atomic E-state index is 12.3. The van der Waals surface area contributed by atoms with Crippen molar-refractivity contribution in [2.75, 3.05) is 0 Å². The normalized spacial score (nSPS) is 12.5. The number of ether oxygens (including phenoxy) is 1. The van der Waals surface area contributed by atoms with Crippen molar-refractivity contribution in [2.24, 2.45) is 0 Å². The van der Waals surface area contributed by atoms with Crippen LogP contribution < -0.4 is 4.74 Å². The predicted octanol–water partition coefficient (Wildman–Crippen LogP) is 2.38. The lowest BCUT2D eigenvalue weighted by Gasteiger charge is -2.09. The van der Waals surface area contributed by atoms with Gasteiger partial charge in [0, 0.05) is 0 Å². The Bertz CT molecular complexity index is 466. The number of alkyl halides is 3. The molecule has 0 atom stereocenters. The first kappa shape index (κ1) is 12.8. The van der Waals surface area contributed by atoms with Gasteiger partial charge >= 0.3 is 16.6 Å². The fourth-order valence-corrected chi connectivity index (χ4v) is 1.61. The first-order chi connectivity index (χ1) is 7.16. The zero-order valence-corrected chi connectivity index (χ0v) is 8.48. The summed E-state index contributed by atoms with van der Waals surface area (Å²) < 4.78 is 71.7. The van der Waals surface area contributed by atoms with Crippen LogP contribution in [0.4, 0.5) is 17.1 Å². The van der Waals surface area contributed by atoms with Crippen molar-refractivity contribution in [3.8, 4) is 5.75 Å². The highest BCUT2D eigenvalue weighted by molar-refractivity contribution is 7.85. The molecule has 0 saturated heterocycles. The molecular weight excluding hydrogens is 252 g/mol. The van der Waals surface area contributed by atoms with E-state index >= 15 is 0 Å². The second-order valence-corrected chi connectivity index (χ2v) is 4.24. The molecule has 90 valence electrons. The number of hydrogen-bond donors (Lipinski definition) is 0. The third kappa shape index (κ3) is 4.96. The molecule has 0 aliphatic carbocycles. The number of benzene rings is 1. The Morgan fingerprint density at radius 2 is 1.88 bits per heavy atom. The van der Waals surface area contributed by atoms with Gasteiger partial charge < -0.3 is 4.74 Å². The van der Waals surface area contributed by atoms with Crippen LogP contribution in [0.2, 0.25) is 0 Å². The van der Waals surface area contributed by atoms with Crippen molar-refractivity contribution in [3.63, 3.8) is 0 Å². The molecule has 16 heavy (non-hydrogen) atoms. The lowest BCUT2D eigenvalue weighted by Crippen LogP contribution is -2.17. The monoisotopic (exact) mass is 258 g/mol. The van der Waals surface area contributed by atoms with Crippen LogP contribution in [0, 0.1) is 0 Å². The zero-order chi connectivity index (χ0) is 12.4. The van der Waals surface area contributed by atoms with Gasteiger partial charge in [-0.25, -0.2) is 0 Å². The Balaban J connectivity index is 2.88. The minimum atomic E-state index is -4.87. The Kier molecular flexibility index (Phi) is 3.41. The molecule has 1 aromatic rings. The molecule has 8 heteroatoms. The van der Waals surface area contributed by atoms with Gasteiger partial charge in [-0.05, 0) is 17.7 Å². The molecule has 0 radical (unpaired) electrons. The van der Waals surface area contributed by atoms with Crippen LogP contribution in [0.15, 0.2) is 24.3 Å². The van der Waals surface area contributed by atoms with E-state index < -0.39 is 28.1 Å². The van der Waals surface area contributed by atoms with E-state index in [1.807, 2.05) is 0 Å². The van der Waals surface area contributed by atoms with Gasteiger partial charge in [-0.1, -0.05) is 12.1 Å². The number of halogens is 4. The Morgan fingerprint density at radius 1 is 1.25 bits per heavy atom. The van der Waals surface area contributed by atoms with Gasteiger partial charge in [0.1, 0.15) is 11.5 Å². The molecule has 0 aliphatic rings. The SMILES string of the molecule is O=S(=O)(F)Cc1cccc(OC(F)(F)F)c1. The summed E-state index contributed by atoms with van der Waals surface area (Å²) in [5.41, 5.74) is -0.121. The smallest absolute Gasteiger partial charge is 0.406 e. The summed E-state index contributed by atoms with van der Waals surface area (Å²) in [6.07, 6.45) is -4.87. The standard InChI is InChI=1S/C8H6F4O3S/c9-8(10,11)15-7-3-1-2-6(4-7)5-16(12,13)14/h1-4H,5H2. The predicted molar refractivity (Wildman–Crippen MR) is 46.9 cm³/mol. The minimum absolute atomic E-state index is 0.121. The van der Waals surface area contributed by atoms with Crippen molar-refractivity contribution in [3.05, 3.63) is 29.8 Å². The van der Waals surface area contributed by atoms with Crippen LogP contribution in [0.1, 0.15) is 5.56 Å². The molecule has 0 aromatic heterocycles. The summed E-state index contributed by atoms with van der Waals surface area (Å²) in [5, 5.41) is 0. The lowest BCUT2D eigenvalue weighted by atomic mass is 10.2. The molecule has 0 amide bonds. The third-order valence-electron chi connectivity index (χ3n) is 1.47. The van der Waals surface area contributed by atoms with E-state index in [1.54, 1.807) is 0 Å². The molecule has 0 fully saturated rings. The second-order valence-electron chi connectivity index (χ2n) is 2.88. The van der Waals surface area contributed by atoms with E-state index in [-0.39, 0.29) is 5.56 Å². The summed E-state index contributed by atoms with van der Waals surface area (Å²) in [4.78, 5) is 0. The summed E-state index contributed by atoms with van der Waals surface area (Å²) >= 11 is 0. The van der Waals surface area contributed by atoms with Gasteiger partial charge in [-0.3, -0.25) is 0 Å². The molecule has 1 aromatic carbocycles. The van der Waals surface area contributed by atoms with Crippen LogP contribution in [-0.2, 0) is 16.0 Å². The highest BCUT2D eigenvalue weighted by Crippen LogP contribution is 2.24. The number of hydrogen-bond acceptors (Lipinski definition) is 3. The van der Waals surface area contributed by atoms with Crippen molar-refractivity contribution >= 4 is 10.2 Å². The van der Waals surface area contributed by atoms with Crippen molar-refractivity contribution in [1.82, 2.24) is 0 Å². The Morgan fingerprint density at radius 3 is 2.38 bits per heavy atom. The van der Waals surface area contributed by atoms with E-state index in [4.69, 9.17) is 0 Å². The van der Waals surface area contributed by atoms with Gasteiger partial charge in [0.15, 0.2) is 0 Å². The molecule has 0 saturated carbocycles. The van der Waals surface area contributed by atoms with Gasteiger partial charge in [-0.15, -0.1) is 17.1 Å². The van der Waals surface area contributed by atoms with Crippen LogP contribution in [0.3, 0.4) is 0 Å². The average molecular weight is 258 g/mol. The topological polar surface area (TPSA) is 43.4 Å². The molecule has 0 N–H and O–H groups in total. The Hall–Kier alpha value is -1.31. The molecule has 0 bridgehead atoms. The van der Waals surface area contributed by atoms with Crippen molar-refractivity contribution in [1.29, 1.82) is 0 Å². The van der Waals surface area contributed by atoms with E-state index in [0.29, 0.717) is 0 Å². The Labute approximate surface area is 88.9 Å². The summed E-state index contributed by atoms with van der Waals surface area (Å²) in [6, 6.07) is 4.12. The first-order valence-electron chi connectivity index (χ1n) is 3.93. The molecule has 1 rings (SSSR count). The first-order valence-corrected chi connectivity index (χ1v) is 5.48. The van der Waals surface area contributed by atoms with Gasteiger partial charge in [0.25, 0.3) is 0 Å². The average Bonchev–Trinajstić information content (AvgIpc) is 1.96. The quantitative estimate of drug-likeness (QED) is 0.617. The maximum Gasteiger partial charge on any atom is 0.573 e. The van der Waals surface area contributed by atoms with E-state index in [2.05, 4.69) is 4.74 Å². The van der Waals surface area contributed by atoms with Gasteiger partial charge in [0.2, 0.25) is 0 Å². The van der Waals surface area contributed by atoms with Crippen molar-refractivity contribution in [2.45, 2.75) is 12.1 Å². The van der Waals surface area contributed by atoms with Gasteiger partial charge in [-0.2, -0.15) is 8.42 Å². The summed E-state index contributed by atoms with van der Waals surface area (Å²) in [7, 11) is -4.77. The third-order valence-corrected chi connectivity index (χ3v) is 2.15. The van der Waals surface area contributed by atoms with E-state index in [1.165, 1.54) is 6.07 Å². The fourth-order valence-electron chi connectivity index (χ4n) is 1.03. The van der Waals surface area contributed by atoms with Crippen LogP contribution in [0.25, 0.3) is 0 Å². The van der Waals surface area contributed by atoms with Crippen LogP contribution in [-0.4, -0.2) is 14.8 Å². The van der Waals surface area contributed by atoms with E-state index in [0.717, 1.165) is 18.2 Å². The number of rotatable bonds is 3. The van der Waals surface area contributed by atoms with Crippen LogP contribution in [0.5, 0.6) is 5.75 Å². The summed E-state index contributed by atoms with van der Waals surface area (Å²) in [6.45, 7) is 0. The molecule has 0 aliphatic heterocycles. The fraction of sp³-hybridized carbons (Fsp3) is 0.250. The van der Waals surface area contributed by atoms with Crippen LogP contribution >= 0.6 is 0 Å². The maximum absolute atomic E-state index is 12.3. The highest BCUT2D eigenvalue weighted by atomic mass is 32.3. The zero-order valence-electron chi connectivity index (χ0n) is 7.66. The van der Waals surface area contributed by atoms with Crippen molar-refractivity contribution < 1.29 is 30.2 Å². The largest absolute Gasteiger partial charge is 0.573 e. The molecule has 3 nitrogen and oxygen atoms in total. The second kappa shape index (κ2) is 4.28. The molecular formula is C8H6F4O3S. The molecule has 0 heterocycles. The highest BCUT2D eigenvalue weighted by Gasteiger charge is 2.31. The lowest BCUT2D eigenvalue weighted by molar-refractivity contribution is -0.274. The molecule has 0 unspecified atom stereocenters. The minimum Gasteiger partial charge on any atom is -0.406 e. The van der Waals surface area contributed by atoms with Gasteiger partial charge in [0.05, 0.1) is 0 Å².